The molecule has 0 atom stereocenters. The van der Waals surface area contributed by atoms with E-state index in [4.69, 9.17) is 9.47 Å². The van der Waals surface area contributed by atoms with Gasteiger partial charge < -0.3 is 19.4 Å². The first-order valence-electron chi connectivity index (χ1n) is 7.22. The number of nitrogens with one attached hydrogen (secondary N) is 1. The second-order valence-electron chi connectivity index (χ2n) is 4.92. The molecule has 0 aliphatic rings. The van der Waals surface area contributed by atoms with Crippen LogP contribution < -0.4 is 15.6 Å². The van der Waals surface area contributed by atoms with E-state index in [1.807, 2.05) is 43.4 Å². The topological polar surface area (TPSA) is 52.5 Å². The maximum atomic E-state index is 12.7. The predicted octanol–water partition coefficient (Wildman–Crippen LogP) is 1.89. The van der Waals surface area contributed by atoms with Gasteiger partial charge in [0, 0.05) is 31.3 Å². The van der Waals surface area contributed by atoms with Gasteiger partial charge in [-0.25, -0.2) is 0 Å². The summed E-state index contributed by atoms with van der Waals surface area (Å²) in [6.45, 7) is 1.52. The van der Waals surface area contributed by atoms with Crippen molar-refractivity contribution in [3.05, 3.63) is 52.3 Å². The molecular formula is C17H22N2O3. The van der Waals surface area contributed by atoms with E-state index in [0.29, 0.717) is 19.7 Å². The number of pyridine rings is 1. The number of ether oxygens (including phenoxy) is 2. The van der Waals surface area contributed by atoms with E-state index in [0.717, 1.165) is 22.6 Å². The second-order valence-corrected chi connectivity index (χ2v) is 4.92. The number of benzene rings is 1. The lowest BCUT2D eigenvalue weighted by molar-refractivity contribution is 0.186. The van der Waals surface area contributed by atoms with Crippen molar-refractivity contribution in [1.82, 2.24) is 9.88 Å². The van der Waals surface area contributed by atoms with E-state index in [-0.39, 0.29) is 5.56 Å². The first kappa shape index (κ1) is 16.3. The first-order chi connectivity index (χ1) is 10.7. The highest BCUT2D eigenvalue weighted by Gasteiger charge is 2.13. The molecule has 0 aliphatic carbocycles. The summed E-state index contributed by atoms with van der Waals surface area (Å²) in [7, 11) is 5.09. The van der Waals surface area contributed by atoms with Crippen LogP contribution in [0.1, 0.15) is 5.56 Å². The highest BCUT2D eigenvalue weighted by molar-refractivity contribution is 5.67. The van der Waals surface area contributed by atoms with E-state index in [2.05, 4.69) is 5.32 Å². The molecule has 118 valence electrons. The van der Waals surface area contributed by atoms with E-state index >= 15 is 0 Å². The highest BCUT2D eigenvalue weighted by atomic mass is 16.5. The number of hydrogen-bond acceptors (Lipinski definition) is 4. The van der Waals surface area contributed by atoms with Crippen molar-refractivity contribution in [2.45, 2.75) is 13.1 Å². The van der Waals surface area contributed by atoms with Crippen LogP contribution in [0.25, 0.3) is 11.3 Å². The molecule has 0 unspecified atom stereocenters. The van der Waals surface area contributed by atoms with Crippen LogP contribution in [-0.2, 0) is 17.8 Å². The molecule has 5 nitrogen and oxygen atoms in total. The van der Waals surface area contributed by atoms with Gasteiger partial charge in [0.1, 0.15) is 5.75 Å². The Morgan fingerprint density at radius 3 is 2.59 bits per heavy atom. The van der Waals surface area contributed by atoms with Gasteiger partial charge in [0.15, 0.2) is 0 Å². The molecule has 0 bridgehead atoms. The molecule has 0 spiro atoms. The summed E-state index contributed by atoms with van der Waals surface area (Å²) >= 11 is 0. The quantitative estimate of drug-likeness (QED) is 0.848. The molecule has 0 saturated carbocycles. The number of hydrogen-bond donors (Lipinski definition) is 1. The van der Waals surface area contributed by atoms with E-state index in [1.54, 1.807) is 18.8 Å². The Kier molecular flexibility index (Phi) is 5.75. The van der Waals surface area contributed by atoms with Gasteiger partial charge in [0.05, 0.1) is 19.4 Å². The molecule has 1 aromatic carbocycles. The summed E-state index contributed by atoms with van der Waals surface area (Å²) in [6.07, 6.45) is 0. The van der Waals surface area contributed by atoms with Crippen molar-refractivity contribution >= 4 is 0 Å². The Hall–Kier alpha value is -2.11. The number of nitrogens with zero attached hydrogens (tertiary/aromatic N) is 1. The van der Waals surface area contributed by atoms with Crippen molar-refractivity contribution in [1.29, 1.82) is 0 Å². The molecule has 0 fully saturated rings. The van der Waals surface area contributed by atoms with Crippen LogP contribution in [0.15, 0.2) is 41.2 Å². The van der Waals surface area contributed by atoms with E-state index in [1.165, 1.54) is 0 Å². The summed E-state index contributed by atoms with van der Waals surface area (Å²) in [5.74, 6) is 0.745. The lowest BCUT2D eigenvalue weighted by Gasteiger charge is -2.16. The van der Waals surface area contributed by atoms with Crippen molar-refractivity contribution < 1.29 is 9.47 Å². The number of methoxy groups -OCH3 is 2. The monoisotopic (exact) mass is 302 g/mol. The van der Waals surface area contributed by atoms with Gasteiger partial charge >= 0.3 is 0 Å². The Morgan fingerprint density at radius 2 is 1.91 bits per heavy atom. The SMILES string of the molecule is CNCc1ccc(-c2ccccc2OC)n(CCOC)c1=O. The molecular weight excluding hydrogens is 280 g/mol. The molecule has 2 rings (SSSR count). The zero-order valence-corrected chi connectivity index (χ0v) is 13.3. The van der Waals surface area contributed by atoms with Gasteiger partial charge in [0.25, 0.3) is 5.56 Å². The second kappa shape index (κ2) is 7.77. The molecule has 2 aromatic rings. The smallest absolute Gasteiger partial charge is 0.255 e. The van der Waals surface area contributed by atoms with Gasteiger partial charge in [-0.05, 0) is 25.2 Å². The fraction of sp³-hybridized carbons (Fsp3) is 0.353. The summed E-state index contributed by atoms with van der Waals surface area (Å²) in [5, 5.41) is 3.02. The lowest BCUT2D eigenvalue weighted by Crippen LogP contribution is -2.28. The molecule has 0 saturated heterocycles. The largest absolute Gasteiger partial charge is 0.496 e. The van der Waals surface area contributed by atoms with Crippen LogP contribution in [0, 0.1) is 0 Å². The maximum absolute atomic E-state index is 12.7. The van der Waals surface area contributed by atoms with Gasteiger partial charge in [-0.3, -0.25) is 4.79 Å². The molecule has 0 radical (unpaired) electrons. The fourth-order valence-electron chi connectivity index (χ4n) is 2.44. The maximum Gasteiger partial charge on any atom is 0.255 e. The molecule has 1 heterocycles. The van der Waals surface area contributed by atoms with Crippen LogP contribution in [0.3, 0.4) is 0 Å². The van der Waals surface area contributed by atoms with Crippen LogP contribution >= 0.6 is 0 Å². The zero-order chi connectivity index (χ0) is 15.9. The lowest BCUT2D eigenvalue weighted by atomic mass is 10.1. The number of rotatable bonds is 7. The summed E-state index contributed by atoms with van der Waals surface area (Å²) in [4.78, 5) is 12.7. The third kappa shape index (κ3) is 3.37. The summed E-state index contributed by atoms with van der Waals surface area (Å²) in [6, 6.07) is 11.5. The minimum absolute atomic E-state index is 0.00481. The average molecular weight is 302 g/mol. The Bertz CT molecular complexity index is 680. The molecule has 22 heavy (non-hydrogen) atoms. The molecule has 0 amide bonds. The summed E-state index contributed by atoms with van der Waals surface area (Å²) in [5.41, 5.74) is 2.46. The minimum Gasteiger partial charge on any atom is -0.496 e. The molecule has 0 aliphatic heterocycles. The van der Waals surface area contributed by atoms with Gasteiger partial charge in [-0.1, -0.05) is 18.2 Å². The molecule has 1 aromatic heterocycles. The Balaban J connectivity index is 2.59. The predicted molar refractivity (Wildman–Crippen MR) is 87.3 cm³/mol. The van der Waals surface area contributed by atoms with Gasteiger partial charge in [-0.2, -0.15) is 0 Å². The highest BCUT2D eigenvalue weighted by Crippen LogP contribution is 2.28. The number of para-hydroxylation sites is 1. The van der Waals surface area contributed by atoms with Crippen LogP contribution in [0.4, 0.5) is 0 Å². The average Bonchev–Trinajstić information content (AvgIpc) is 2.55. The third-order valence-corrected chi connectivity index (χ3v) is 3.52. The minimum atomic E-state index is -0.00481. The standard InChI is InChI=1S/C17H22N2O3/c1-18-12-13-8-9-15(19(17(13)20)10-11-21-2)14-6-4-5-7-16(14)22-3/h4-9,18H,10-12H2,1-3H3. The van der Waals surface area contributed by atoms with Crippen molar-refractivity contribution in [3.8, 4) is 17.0 Å². The first-order valence-corrected chi connectivity index (χ1v) is 7.22. The molecule has 1 N–H and O–H groups in total. The fourth-order valence-corrected chi connectivity index (χ4v) is 2.44. The van der Waals surface area contributed by atoms with Crippen molar-refractivity contribution in [2.75, 3.05) is 27.9 Å². The van der Waals surface area contributed by atoms with Crippen LogP contribution in [0.5, 0.6) is 5.75 Å². The van der Waals surface area contributed by atoms with Gasteiger partial charge in [-0.15, -0.1) is 0 Å². The Morgan fingerprint density at radius 1 is 1.14 bits per heavy atom. The van der Waals surface area contributed by atoms with Crippen molar-refractivity contribution in [3.63, 3.8) is 0 Å². The zero-order valence-electron chi connectivity index (χ0n) is 13.3. The normalized spacial score (nSPS) is 10.7. The van der Waals surface area contributed by atoms with Crippen LogP contribution in [-0.4, -0.2) is 32.4 Å². The molecule has 5 heteroatoms. The summed E-state index contributed by atoms with van der Waals surface area (Å²) < 4.78 is 12.3. The Labute approximate surface area is 130 Å². The number of aromatic nitrogens is 1. The van der Waals surface area contributed by atoms with E-state index < -0.39 is 0 Å². The van der Waals surface area contributed by atoms with E-state index in [9.17, 15) is 4.79 Å². The van der Waals surface area contributed by atoms with Crippen molar-refractivity contribution in [2.24, 2.45) is 0 Å². The third-order valence-electron chi connectivity index (χ3n) is 3.52. The van der Waals surface area contributed by atoms with Gasteiger partial charge in [0.2, 0.25) is 0 Å². The van der Waals surface area contributed by atoms with Crippen LogP contribution in [0.2, 0.25) is 0 Å².